The van der Waals surface area contributed by atoms with Crippen molar-refractivity contribution < 1.29 is 9.59 Å². The Morgan fingerprint density at radius 2 is 2.09 bits per heavy atom. The molecule has 0 saturated carbocycles. The molecule has 1 saturated heterocycles. The lowest BCUT2D eigenvalue weighted by Gasteiger charge is -2.27. The summed E-state index contributed by atoms with van der Waals surface area (Å²) in [4.78, 5) is 23.9. The maximum Gasteiger partial charge on any atom is 0.243 e. The molecule has 0 unspecified atom stereocenters. The molecular weight excluding hydrogens is 361 g/mol. The van der Waals surface area contributed by atoms with Crippen LogP contribution in [0.5, 0.6) is 0 Å². The van der Waals surface area contributed by atoms with Gasteiger partial charge in [-0.1, -0.05) is 23.2 Å². The van der Waals surface area contributed by atoms with Gasteiger partial charge in [0, 0.05) is 17.0 Å². The van der Waals surface area contributed by atoms with Gasteiger partial charge in [0.15, 0.2) is 0 Å². The van der Waals surface area contributed by atoms with Crippen molar-refractivity contribution in [3.05, 3.63) is 28.2 Å². The van der Waals surface area contributed by atoms with Crippen LogP contribution in [0.4, 0.5) is 5.69 Å². The lowest BCUT2D eigenvalue weighted by atomic mass is 9.92. The van der Waals surface area contributed by atoms with Gasteiger partial charge < -0.3 is 16.0 Å². The maximum atomic E-state index is 12.1. The fourth-order valence-electron chi connectivity index (χ4n) is 2.47. The van der Waals surface area contributed by atoms with Crippen molar-refractivity contribution >= 4 is 53.1 Å². The van der Waals surface area contributed by atoms with Crippen LogP contribution in [0.3, 0.4) is 0 Å². The van der Waals surface area contributed by atoms with Crippen LogP contribution >= 0.6 is 35.6 Å². The molecular formula is C15H20Cl3N3O2. The second-order valence-electron chi connectivity index (χ2n) is 5.47. The van der Waals surface area contributed by atoms with E-state index in [1.807, 2.05) is 6.92 Å². The second-order valence-corrected chi connectivity index (χ2v) is 6.31. The molecule has 2 rings (SSSR count). The molecule has 0 bridgehead atoms. The highest BCUT2D eigenvalue weighted by molar-refractivity contribution is 6.35. The molecule has 1 aromatic carbocycles. The topological polar surface area (TPSA) is 70.2 Å². The van der Waals surface area contributed by atoms with Crippen LogP contribution in [-0.2, 0) is 9.59 Å². The molecule has 0 aromatic heterocycles. The third-order valence-corrected chi connectivity index (χ3v) is 4.18. The molecule has 128 valence electrons. The molecule has 2 amide bonds. The Labute approximate surface area is 151 Å². The van der Waals surface area contributed by atoms with Gasteiger partial charge >= 0.3 is 0 Å². The molecule has 1 fully saturated rings. The van der Waals surface area contributed by atoms with E-state index in [1.165, 1.54) is 0 Å². The Balaban J connectivity index is 0.00000264. The summed E-state index contributed by atoms with van der Waals surface area (Å²) in [7, 11) is 0. The number of carbonyl (C=O) groups is 2. The smallest absolute Gasteiger partial charge is 0.243 e. The zero-order valence-corrected chi connectivity index (χ0v) is 15.0. The summed E-state index contributed by atoms with van der Waals surface area (Å²) in [5, 5.41) is 9.48. The number of rotatable bonds is 4. The van der Waals surface area contributed by atoms with Gasteiger partial charge in [0.2, 0.25) is 11.8 Å². The van der Waals surface area contributed by atoms with Crippen molar-refractivity contribution in [2.45, 2.75) is 25.8 Å². The van der Waals surface area contributed by atoms with Crippen LogP contribution in [0.1, 0.15) is 19.8 Å². The van der Waals surface area contributed by atoms with Gasteiger partial charge in [-0.05, 0) is 44.5 Å². The molecule has 23 heavy (non-hydrogen) atoms. The van der Waals surface area contributed by atoms with E-state index >= 15 is 0 Å². The first kappa shape index (κ1) is 20.0. The SMILES string of the molecule is C[C@H]1C[C@@H](C(=O)NCC(=O)Nc2cc(Cl)ccc2Cl)CCN1.Cl. The summed E-state index contributed by atoms with van der Waals surface area (Å²) in [5.41, 5.74) is 0.434. The zero-order chi connectivity index (χ0) is 16.1. The molecule has 0 aliphatic carbocycles. The standard InChI is InChI=1S/C15H19Cl2N3O2.ClH/c1-9-6-10(4-5-18-9)15(22)19-8-14(21)20-13-7-11(16)2-3-12(13)17;/h2-3,7,9-10,18H,4-6,8H2,1H3,(H,19,22)(H,20,21);1H/t9-,10-;/m0./s1. The number of anilines is 1. The highest BCUT2D eigenvalue weighted by Gasteiger charge is 2.24. The van der Waals surface area contributed by atoms with Crippen molar-refractivity contribution in [1.29, 1.82) is 0 Å². The molecule has 0 radical (unpaired) electrons. The number of hydrogen-bond donors (Lipinski definition) is 3. The molecule has 3 N–H and O–H groups in total. The first-order chi connectivity index (χ1) is 10.5. The quantitative estimate of drug-likeness (QED) is 0.752. The molecule has 0 spiro atoms. The Morgan fingerprint density at radius 3 is 2.78 bits per heavy atom. The molecule has 2 atom stereocenters. The average Bonchev–Trinajstić information content (AvgIpc) is 2.48. The van der Waals surface area contributed by atoms with Gasteiger partial charge in [-0.3, -0.25) is 9.59 Å². The average molecular weight is 381 g/mol. The lowest BCUT2D eigenvalue weighted by Crippen LogP contribution is -2.44. The fourth-order valence-corrected chi connectivity index (χ4v) is 2.81. The lowest BCUT2D eigenvalue weighted by molar-refractivity contribution is -0.128. The Hall–Kier alpha value is -1.01. The normalized spacial score (nSPS) is 20.3. The van der Waals surface area contributed by atoms with Crippen LogP contribution in [0.15, 0.2) is 18.2 Å². The molecule has 1 aliphatic rings. The minimum atomic E-state index is -0.334. The number of halogens is 3. The van der Waals surface area contributed by atoms with Gasteiger partial charge in [-0.25, -0.2) is 0 Å². The predicted molar refractivity (Wildman–Crippen MR) is 95.5 cm³/mol. The number of benzene rings is 1. The number of hydrogen-bond acceptors (Lipinski definition) is 3. The van der Waals surface area contributed by atoms with Gasteiger partial charge in [0.1, 0.15) is 0 Å². The number of piperidine rings is 1. The molecule has 1 heterocycles. The summed E-state index contributed by atoms with van der Waals surface area (Å²) in [5.74, 6) is -0.459. The van der Waals surface area contributed by atoms with E-state index in [-0.39, 0.29) is 36.7 Å². The zero-order valence-electron chi connectivity index (χ0n) is 12.7. The van der Waals surface area contributed by atoms with Crippen molar-refractivity contribution in [3.63, 3.8) is 0 Å². The molecule has 5 nitrogen and oxygen atoms in total. The molecule has 1 aromatic rings. The van der Waals surface area contributed by atoms with Crippen LogP contribution < -0.4 is 16.0 Å². The summed E-state index contributed by atoms with van der Waals surface area (Å²) in [6, 6.07) is 5.13. The highest BCUT2D eigenvalue weighted by Crippen LogP contribution is 2.25. The summed E-state index contributed by atoms with van der Waals surface area (Å²) < 4.78 is 0. The number of amides is 2. The van der Waals surface area contributed by atoms with E-state index in [2.05, 4.69) is 16.0 Å². The van der Waals surface area contributed by atoms with Crippen LogP contribution in [0.2, 0.25) is 10.0 Å². The Bertz CT molecular complexity index is 569. The minimum absolute atomic E-state index is 0. The first-order valence-corrected chi connectivity index (χ1v) is 7.97. The van der Waals surface area contributed by atoms with E-state index in [0.717, 1.165) is 19.4 Å². The Morgan fingerprint density at radius 1 is 1.35 bits per heavy atom. The predicted octanol–water partition coefficient (Wildman–Crippen LogP) is 2.86. The van der Waals surface area contributed by atoms with Crippen molar-refractivity contribution in [1.82, 2.24) is 10.6 Å². The van der Waals surface area contributed by atoms with Gasteiger partial charge in [-0.15, -0.1) is 12.4 Å². The third-order valence-electron chi connectivity index (χ3n) is 3.62. The first-order valence-electron chi connectivity index (χ1n) is 7.21. The van der Waals surface area contributed by atoms with Crippen LogP contribution in [0, 0.1) is 5.92 Å². The van der Waals surface area contributed by atoms with Crippen molar-refractivity contribution in [2.75, 3.05) is 18.4 Å². The van der Waals surface area contributed by atoms with Crippen LogP contribution in [0.25, 0.3) is 0 Å². The summed E-state index contributed by atoms with van der Waals surface area (Å²) in [6.45, 7) is 2.79. The van der Waals surface area contributed by atoms with Crippen molar-refractivity contribution in [3.8, 4) is 0 Å². The number of carbonyl (C=O) groups excluding carboxylic acids is 2. The van der Waals surface area contributed by atoms with Gasteiger partial charge in [0.25, 0.3) is 0 Å². The van der Waals surface area contributed by atoms with Gasteiger partial charge in [-0.2, -0.15) is 0 Å². The fraction of sp³-hybridized carbons (Fsp3) is 0.467. The van der Waals surface area contributed by atoms with E-state index in [4.69, 9.17) is 23.2 Å². The largest absolute Gasteiger partial charge is 0.347 e. The monoisotopic (exact) mass is 379 g/mol. The molecule has 8 heteroatoms. The molecule has 1 aliphatic heterocycles. The third kappa shape index (κ3) is 6.18. The number of nitrogens with one attached hydrogen (secondary N) is 3. The Kier molecular flexibility index (Phi) is 8.12. The van der Waals surface area contributed by atoms with E-state index in [9.17, 15) is 9.59 Å². The van der Waals surface area contributed by atoms with Crippen LogP contribution in [-0.4, -0.2) is 30.9 Å². The second kappa shape index (κ2) is 9.33. The van der Waals surface area contributed by atoms with E-state index in [1.54, 1.807) is 18.2 Å². The van der Waals surface area contributed by atoms with E-state index < -0.39 is 0 Å². The highest BCUT2D eigenvalue weighted by atomic mass is 35.5. The summed E-state index contributed by atoms with van der Waals surface area (Å²) >= 11 is 11.8. The van der Waals surface area contributed by atoms with Gasteiger partial charge in [0.05, 0.1) is 17.3 Å². The summed E-state index contributed by atoms with van der Waals surface area (Å²) in [6.07, 6.45) is 1.57. The maximum absolute atomic E-state index is 12.1. The van der Waals surface area contributed by atoms with E-state index in [0.29, 0.717) is 21.8 Å². The minimum Gasteiger partial charge on any atom is -0.347 e. The van der Waals surface area contributed by atoms with Crippen molar-refractivity contribution in [2.24, 2.45) is 5.92 Å².